The molecule has 0 bridgehead atoms. The molecule has 1 aromatic rings. The van der Waals surface area contributed by atoms with Gasteiger partial charge in [-0.2, -0.15) is 0 Å². The van der Waals surface area contributed by atoms with Gasteiger partial charge in [0, 0.05) is 38.8 Å². The summed E-state index contributed by atoms with van der Waals surface area (Å²) in [5.41, 5.74) is 2.77. The maximum atomic E-state index is 4.67. The molecule has 1 aliphatic rings. The molecule has 0 aliphatic carbocycles. The van der Waals surface area contributed by atoms with Gasteiger partial charge in [0.1, 0.15) is 0 Å². The standard InChI is InChI=1S/C21H34N4/c1-4-6-7-13-23-21(22-5-2)24-20-11-14-25(15-12-20)17-19-10-8-9-18(3)16-19/h4,6,8-10,16,20H,5,7,11-15,17H2,1-3H3,(H2,22,23,24)/b6-4+. The molecule has 1 aromatic carbocycles. The number of aryl methyl sites for hydroxylation is 1. The van der Waals surface area contributed by atoms with Crippen LogP contribution in [-0.4, -0.2) is 43.1 Å². The van der Waals surface area contributed by atoms with Crippen molar-refractivity contribution in [1.29, 1.82) is 0 Å². The molecule has 0 amide bonds. The highest BCUT2D eigenvalue weighted by molar-refractivity contribution is 5.80. The van der Waals surface area contributed by atoms with E-state index in [9.17, 15) is 0 Å². The summed E-state index contributed by atoms with van der Waals surface area (Å²) in [5, 5.41) is 6.98. The number of rotatable bonds is 7. The fourth-order valence-corrected chi connectivity index (χ4v) is 3.24. The third kappa shape index (κ3) is 7.30. The molecule has 1 heterocycles. The van der Waals surface area contributed by atoms with Crippen molar-refractivity contribution in [2.45, 2.75) is 52.6 Å². The summed E-state index contributed by atoms with van der Waals surface area (Å²) < 4.78 is 0. The number of hydrogen-bond acceptors (Lipinski definition) is 2. The van der Waals surface area contributed by atoms with Gasteiger partial charge in [0.05, 0.1) is 0 Å². The summed E-state index contributed by atoms with van der Waals surface area (Å²) in [7, 11) is 0. The van der Waals surface area contributed by atoms with Crippen molar-refractivity contribution in [3.05, 3.63) is 47.5 Å². The number of benzene rings is 1. The first-order chi connectivity index (χ1) is 12.2. The molecule has 4 heteroatoms. The van der Waals surface area contributed by atoms with Crippen molar-refractivity contribution in [2.75, 3.05) is 26.2 Å². The number of nitrogens with one attached hydrogen (secondary N) is 2. The predicted octanol–water partition coefficient (Wildman–Crippen LogP) is 3.48. The number of piperidine rings is 1. The number of allylic oxidation sites excluding steroid dienone is 1. The topological polar surface area (TPSA) is 39.7 Å². The highest BCUT2D eigenvalue weighted by atomic mass is 15.2. The van der Waals surface area contributed by atoms with Crippen LogP contribution in [0.3, 0.4) is 0 Å². The van der Waals surface area contributed by atoms with Gasteiger partial charge in [-0.3, -0.25) is 9.89 Å². The number of nitrogens with zero attached hydrogens (tertiary/aromatic N) is 2. The second kappa shape index (κ2) is 10.9. The first-order valence-electron chi connectivity index (χ1n) is 9.65. The Balaban J connectivity index is 1.77. The van der Waals surface area contributed by atoms with Gasteiger partial charge in [0.15, 0.2) is 5.96 Å². The maximum absolute atomic E-state index is 4.67. The quantitative estimate of drug-likeness (QED) is 0.345. The Kier molecular flexibility index (Phi) is 8.53. The van der Waals surface area contributed by atoms with Crippen LogP contribution in [-0.2, 0) is 6.54 Å². The minimum atomic E-state index is 0.522. The van der Waals surface area contributed by atoms with E-state index in [-0.39, 0.29) is 0 Å². The molecular weight excluding hydrogens is 308 g/mol. The van der Waals surface area contributed by atoms with Crippen LogP contribution >= 0.6 is 0 Å². The summed E-state index contributed by atoms with van der Waals surface area (Å²) in [4.78, 5) is 7.23. The van der Waals surface area contributed by atoms with Gasteiger partial charge in [-0.15, -0.1) is 0 Å². The van der Waals surface area contributed by atoms with E-state index in [0.29, 0.717) is 6.04 Å². The molecule has 2 N–H and O–H groups in total. The summed E-state index contributed by atoms with van der Waals surface area (Å²) in [6.07, 6.45) is 7.59. The summed E-state index contributed by atoms with van der Waals surface area (Å²) in [6.45, 7) is 11.4. The summed E-state index contributed by atoms with van der Waals surface area (Å²) in [5.74, 6) is 0.962. The molecule has 2 rings (SSSR count). The van der Waals surface area contributed by atoms with Crippen molar-refractivity contribution in [3.8, 4) is 0 Å². The lowest BCUT2D eigenvalue weighted by atomic mass is 10.0. The lowest BCUT2D eigenvalue weighted by Gasteiger charge is -2.33. The lowest BCUT2D eigenvalue weighted by molar-refractivity contribution is 0.198. The number of aliphatic imine (C=N–C) groups is 1. The SMILES string of the molecule is C/C=C/CCN=C(NCC)NC1CCN(Cc2cccc(C)c2)CC1. The molecule has 0 unspecified atom stereocenters. The molecular formula is C21H34N4. The van der Waals surface area contributed by atoms with Crippen LogP contribution in [0.15, 0.2) is 41.4 Å². The van der Waals surface area contributed by atoms with Crippen LogP contribution in [0.4, 0.5) is 0 Å². The first kappa shape index (κ1) is 19.5. The van der Waals surface area contributed by atoms with Crippen molar-refractivity contribution < 1.29 is 0 Å². The van der Waals surface area contributed by atoms with Crippen LogP contribution in [0, 0.1) is 6.92 Å². The van der Waals surface area contributed by atoms with Gasteiger partial charge >= 0.3 is 0 Å². The Hall–Kier alpha value is -1.81. The average molecular weight is 343 g/mol. The van der Waals surface area contributed by atoms with Crippen LogP contribution in [0.25, 0.3) is 0 Å². The van der Waals surface area contributed by atoms with Crippen LogP contribution in [0.5, 0.6) is 0 Å². The fraction of sp³-hybridized carbons (Fsp3) is 0.571. The molecule has 25 heavy (non-hydrogen) atoms. The van der Waals surface area contributed by atoms with Crippen LogP contribution < -0.4 is 10.6 Å². The van der Waals surface area contributed by atoms with Crippen molar-refractivity contribution in [2.24, 2.45) is 4.99 Å². The zero-order chi connectivity index (χ0) is 17.9. The zero-order valence-electron chi connectivity index (χ0n) is 16.1. The van der Waals surface area contributed by atoms with Gasteiger partial charge in [-0.05, 0) is 45.6 Å². The smallest absolute Gasteiger partial charge is 0.191 e. The molecule has 138 valence electrons. The largest absolute Gasteiger partial charge is 0.357 e. The normalized spacial score (nSPS) is 17.2. The maximum Gasteiger partial charge on any atom is 0.191 e. The van der Waals surface area contributed by atoms with Gasteiger partial charge in [0.2, 0.25) is 0 Å². The van der Waals surface area contributed by atoms with E-state index in [1.807, 2.05) is 0 Å². The van der Waals surface area contributed by atoms with E-state index in [4.69, 9.17) is 0 Å². The van der Waals surface area contributed by atoms with E-state index in [1.54, 1.807) is 0 Å². The van der Waals surface area contributed by atoms with E-state index in [1.165, 1.54) is 24.0 Å². The molecule has 0 radical (unpaired) electrons. The fourth-order valence-electron chi connectivity index (χ4n) is 3.24. The van der Waals surface area contributed by atoms with E-state index < -0.39 is 0 Å². The molecule has 4 nitrogen and oxygen atoms in total. The van der Waals surface area contributed by atoms with Gasteiger partial charge in [0.25, 0.3) is 0 Å². The molecule has 0 aromatic heterocycles. The number of guanidine groups is 1. The second-order valence-electron chi connectivity index (χ2n) is 6.80. The van der Waals surface area contributed by atoms with E-state index in [0.717, 1.165) is 45.1 Å². The Morgan fingerprint density at radius 2 is 2.12 bits per heavy atom. The van der Waals surface area contributed by atoms with Gasteiger partial charge in [-0.25, -0.2) is 0 Å². The first-order valence-corrected chi connectivity index (χ1v) is 9.65. The van der Waals surface area contributed by atoms with Crippen molar-refractivity contribution in [3.63, 3.8) is 0 Å². The summed E-state index contributed by atoms with van der Waals surface area (Å²) in [6, 6.07) is 9.38. The Bertz CT molecular complexity index is 557. The Labute approximate surface area is 153 Å². The minimum Gasteiger partial charge on any atom is -0.357 e. The zero-order valence-corrected chi connectivity index (χ0v) is 16.1. The van der Waals surface area contributed by atoms with Crippen molar-refractivity contribution >= 4 is 5.96 Å². The van der Waals surface area contributed by atoms with Crippen molar-refractivity contribution in [1.82, 2.24) is 15.5 Å². The molecule has 0 atom stereocenters. The van der Waals surface area contributed by atoms with Crippen LogP contribution in [0.1, 0.15) is 44.2 Å². The third-order valence-electron chi connectivity index (χ3n) is 4.56. The number of hydrogen-bond donors (Lipinski definition) is 2. The second-order valence-corrected chi connectivity index (χ2v) is 6.80. The van der Waals surface area contributed by atoms with Gasteiger partial charge in [-0.1, -0.05) is 42.0 Å². The van der Waals surface area contributed by atoms with E-state index >= 15 is 0 Å². The Morgan fingerprint density at radius 1 is 1.32 bits per heavy atom. The monoisotopic (exact) mass is 342 g/mol. The lowest BCUT2D eigenvalue weighted by Crippen LogP contribution is -2.48. The van der Waals surface area contributed by atoms with E-state index in [2.05, 4.69) is 77.7 Å². The molecule has 1 saturated heterocycles. The van der Waals surface area contributed by atoms with Gasteiger partial charge < -0.3 is 10.6 Å². The highest BCUT2D eigenvalue weighted by Gasteiger charge is 2.20. The minimum absolute atomic E-state index is 0.522. The molecule has 0 saturated carbocycles. The molecule has 1 aliphatic heterocycles. The average Bonchev–Trinajstić information content (AvgIpc) is 2.60. The Morgan fingerprint density at radius 3 is 2.80 bits per heavy atom. The number of likely N-dealkylation sites (tertiary alicyclic amines) is 1. The molecule has 0 spiro atoms. The van der Waals surface area contributed by atoms with Crippen LogP contribution in [0.2, 0.25) is 0 Å². The highest BCUT2D eigenvalue weighted by Crippen LogP contribution is 2.14. The summed E-state index contributed by atoms with van der Waals surface area (Å²) >= 11 is 0. The predicted molar refractivity (Wildman–Crippen MR) is 108 cm³/mol. The third-order valence-corrected chi connectivity index (χ3v) is 4.56. The molecule has 1 fully saturated rings.